The monoisotopic (exact) mass is 217 g/mol. The van der Waals surface area contributed by atoms with Crippen LogP contribution in [0.5, 0.6) is 0 Å². The molecular weight excluding hydrogens is 206 g/mol. The predicted molar refractivity (Wildman–Crippen MR) is 70.4 cm³/mol. The van der Waals surface area contributed by atoms with Gasteiger partial charge in [-0.1, -0.05) is 48.5 Å². The highest BCUT2D eigenvalue weighted by molar-refractivity contribution is 6.27. The maximum atomic E-state index is 8.17. The van der Waals surface area contributed by atoms with Crippen molar-refractivity contribution in [3.05, 3.63) is 58.5 Å². The van der Waals surface area contributed by atoms with Gasteiger partial charge < -0.3 is 5.41 Å². The van der Waals surface area contributed by atoms with E-state index in [9.17, 15) is 0 Å². The largest absolute Gasteiger partial charge is 0.304 e. The summed E-state index contributed by atoms with van der Waals surface area (Å²) >= 11 is 0. The number of fused-ring (bicyclic) bond motifs is 3. The van der Waals surface area contributed by atoms with Crippen LogP contribution in [0.1, 0.15) is 12.0 Å². The molecule has 0 atom stereocenters. The van der Waals surface area contributed by atoms with Crippen LogP contribution < -0.4 is 10.4 Å². The van der Waals surface area contributed by atoms with Crippen molar-refractivity contribution in [2.45, 2.75) is 6.42 Å². The van der Waals surface area contributed by atoms with Crippen LogP contribution >= 0.6 is 0 Å². The van der Waals surface area contributed by atoms with E-state index in [0.29, 0.717) is 0 Å². The Hall–Kier alpha value is -2.15. The number of nitrogens with one attached hydrogen (secondary N) is 1. The number of hydrogen-bond donors (Lipinski definition) is 1. The number of benzene rings is 2. The van der Waals surface area contributed by atoms with Crippen LogP contribution in [0, 0.1) is 5.41 Å². The second kappa shape index (κ2) is 2.95. The van der Waals surface area contributed by atoms with Crippen molar-refractivity contribution in [2.24, 2.45) is 0 Å². The molecule has 0 unspecified atom stereocenters. The molecule has 0 aromatic heterocycles. The van der Waals surface area contributed by atoms with E-state index in [1.54, 1.807) is 0 Å². The van der Waals surface area contributed by atoms with Crippen LogP contribution in [0.25, 0.3) is 22.8 Å². The highest BCUT2D eigenvalue weighted by Crippen LogP contribution is 2.32. The number of rotatable bonds is 0. The lowest BCUT2D eigenvalue weighted by molar-refractivity contribution is 1.38. The average molecular weight is 217 g/mol. The van der Waals surface area contributed by atoms with Gasteiger partial charge in [0.05, 0.1) is 0 Å². The van der Waals surface area contributed by atoms with Gasteiger partial charge in [-0.25, -0.2) is 0 Å². The third-order valence-electron chi connectivity index (χ3n) is 3.66. The minimum absolute atomic E-state index is 0.745. The summed E-state index contributed by atoms with van der Waals surface area (Å²) in [5.74, 6) is 0. The normalized spacial score (nSPS) is 15.3. The molecule has 80 valence electrons. The highest BCUT2D eigenvalue weighted by Gasteiger charge is 2.23. The lowest BCUT2D eigenvalue weighted by Crippen LogP contribution is -2.31. The summed E-state index contributed by atoms with van der Waals surface area (Å²) in [7, 11) is 0. The molecule has 2 aliphatic rings. The van der Waals surface area contributed by atoms with Crippen LogP contribution in [0.4, 0.5) is 0 Å². The molecule has 2 aromatic carbocycles. The maximum absolute atomic E-state index is 8.17. The smallest absolute Gasteiger partial charge is 0.0436 e. The Labute approximate surface area is 99.2 Å². The molecule has 2 aromatic rings. The van der Waals surface area contributed by atoms with Gasteiger partial charge in [-0.3, -0.25) is 0 Å². The summed E-state index contributed by atoms with van der Waals surface area (Å²) in [6.45, 7) is 0. The van der Waals surface area contributed by atoms with Crippen LogP contribution in [0.2, 0.25) is 0 Å². The first-order valence-electron chi connectivity index (χ1n) is 5.87. The van der Waals surface area contributed by atoms with Crippen molar-refractivity contribution in [1.82, 2.24) is 0 Å². The first kappa shape index (κ1) is 8.94. The van der Waals surface area contributed by atoms with Gasteiger partial charge in [0.2, 0.25) is 0 Å². The van der Waals surface area contributed by atoms with Crippen molar-refractivity contribution in [3.8, 4) is 11.1 Å². The van der Waals surface area contributed by atoms with E-state index >= 15 is 0 Å². The molecule has 0 saturated heterocycles. The SMILES string of the molecule is N=C1CC=c2cccc3c2=C1c1ccccc1-3. The van der Waals surface area contributed by atoms with Gasteiger partial charge in [0.1, 0.15) is 0 Å². The first-order chi connectivity index (χ1) is 8.36. The molecule has 0 saturated carbocycles. The van der Waals surface area contributed by atoms with Crippen LogP contribution in [0.3, 0.4) is 0 Å². The molecule has 1 nitrogen and oxygen atoms in total. The molecule has 1 heteroatoms. The fraction of sp³-hybridized carbons (Fsp3) is 0.0625. The van der Waals surface area contributed by atoms with Crippen LogP contribution in [-0.2, 0) is 0 Å². The third kappa shape index (κ3) is 1.01. The quantitative estimate of drug-likeness (QED) is 0.698. The zero-order chi connectivity index (χ0) is 11.4. The van der Waals surface area contributed by atoms with Gasteiger partial charge in [0.25, 0.3) is 0 Å². The molecule has 0 aliphatic heterocycles. The van der Waals surface area contributed by atoms with Gasteiger partial charge >= 0.3 is 0 Å². The zero-order valence-electron chi connectivity index (χ0n) is 9.33. The summed E-state index contributed by atoms with van der Waals surface area (Å²) in [4.78, 5) is 0. The minimum Gasteiger partial charge on any atom is -0.304 e. The van der Waals surface area contributed by atoms with E-state index in [2.05, 4.69) is 48.5 Å². The van der Waals surface area contributed by atoms with E-state index in [4.69, 9.17) is 5.41 Å². The Balaban J connectivity index is 2.32. The highest BCUT2D eigenvalue weighted by atomic mass is 14.4. The van der Waals surface area contributed by atoms with Gasteiger partial charge in [-0.2, -0.15) is 0 Å². The maximum Gasteiger partial charge on any atom is 0.0436 e. The molecule has 0 bridgehead atoms. The Bertz CT molecular complexity index is 781. The second-order valence-corrected chi connectivity index (χ2v) is 4.58. The van der Waals surface area contributed by atoms with Crippen molar-refractivity contribution in [3.63, 3.8) is 0 Å². The lowest BCUT2D eigenvalue weighted by Gasteiger charge is -2.08. The molecule has 1 N–H and O–H groups in total. The Morgan fingerprint density at radius 3 is 2.47 bits per heavy atom. The van der Waals surface area contributed by atoms with Crippen LogP contribution in [-0.4, -0.2) is 5.71 Å². The van der Waals surface area contributed by atoms with Crippen molar-refractivity contribution >= 4 is 17.4 Å². The van der Waals surface area contributed by atoms with E-state index in [1.807, 2.05) is 0 Å². The fourth-order valence-corrected chi connectivity index (χ4v) is 2.94. The van der Waals surface area contributed by atoms with Gasteiger partial charge in [-0.15, -0.1) is 0 Å². The van der Waals surface area contributed by atoms with E-state index in [1.165, 1.54) is 27.1 Å². The van der Waals surface area contributed by atoms with Gasteiger partial charge in [-0.05, 0) is 27.1 Å². The Morgan fingerprint density at radius 1 is 0.824 bits per heavy atom. The van der Waals surface area contributed by atoms with Crippen molar-refractivity contribution in [2.75, 3.05) is 0 Å². The second-order valence-electron chi connectivity index (χ2n) is 4.58. The molecule has 0 radical (unpaired) electrons. The van der Waals surface area contributed by atoms with Crippen molar-refractivity contribution < 1.29 is 0 Å². The molecular formula is C16H11N. The Kier molecular flexibility index (Phi) is 1.55. The number of hydrogen-bond acceptors (Lipinski definition) is 1. The molecule has 2 aliphatic carbocycles. The average Bonchev–Trinajstić information content (AvgIpc) is 2.71. The molecule has 0 spiro atoms. The lowest BCUT2D eigenvalue weighted by atomic mass is 9.96. The minimum atomic E-state index is 0.745. The topological polar surface area (TPSA) is 23.9 Å². The summed E-state index contributed by atoms with van der Waals surface area (Å²) in [6.07, 6.45) is 2.91. The molecule has 0 amide bonds. The first-order valence-corrected chi connectivity index (χ1v) is 5.87. The van der Waals surface area contributed by atoms with Crippen LogP contribution in [0.15, 0.2) is 42.5 Å². The van der Waals surface area contributed by atoms with Crippen molar-refractivity contribution in [1.29, 1.82) is 5.41 Å². The van der Waals surface area contributed by atoms with Gasteiger partial charge in [0.15, 0.2) is 0 Å². The van der Waals surface area contributed by atoms with Gasteiger partial charge in [0, 0.05) is 17.7 Å². The predicted octanol–water partition coefficient (Wildman–Crippen LogP) is 2.07. The molecule has 17 heavy (non-hydrogen) atoms. The van der Waals surface area contributed by atoms with E-state index < -0.39 is 0 Å². The molecule has 0 fully saturated rings. The Morgan fingerprint density at radius 2 is 1.59 bits per heavy atom. The fourth-order valence-electron chi connectivity index (χ4n) is 2.94. The standard InChI is InChI=1S/C16H11N/c17-14-9-8-10-4-3-7-12-11-5-1-2-6-13(11)16(14)15(10)12/h1-8,17H,9H2. The summed E-state index contributed by atoms with van der Waals surface area (Å²) < 4.78 is 0. The summed E-state index contributed by atoms with van der Waals surface area (Å²) in [6, 6.07) is 14.8. The third-order valence-corrected chi connectivity index (χ3v) is 3.66. The van der Waals surface area contributed by atoms with E-state index in [0.717, 1.165) is 17.7 Å². The van der Waals surface area contributed by atoms with E-state index in [-0.39, 0.29) is 0 Å². The molecule has 0 heterocycles. The molecule has 4 rings (SSSR count). The summed E-state index contributed by atoms with van der Waals surface area (Å²) in [5, 5.41) is 10.7. The summed E-state index contributed by atoms with van der Waals surface area (Å²) in [5.41, 5.74) is 5.69. The zero-order valence-corrected chi connectivity index (χ0v) is 9.33.